The van der Waals surface area contributed by atoms with Crippen molar-refractivity contribution in [3.63, 3.8) is 0 Å². The second-order valence-electron chi connectivity index (χ2n) is 4.52. The summed E-state index contributed by atoms with van der Waals surface area (Å²) in [6.07, 6.45) is 1.32. The minimum absolute atomic E-state index is 0.0144. The van der Waals surface area contributed by atoms with Crippen LogP contribution >= 0.6 is 15.9 Å². The van der Waals surface area contributed by atoms with E-state index in [1.165, 1.54) is 18.3 Å². The first-order valence-corrected chi connectivity index (χ1v) is 8.20. The third-order valence-electron chi connectivity index (χ3n) is 2.98. The van der Waals surface area contributed by atoms with Gasteiger partial charge >= 0.3 is 5.97 Å². The Kier molecular flexibility index (Phi) is 4.11. The molecule has 0 saturated heterocycles. The van der Waals surface area contributed by atoms with Crippen LogP contribution in [0, 0.1) is 13.8 Å². The molecule has 0 amide bonds. The number of halogens is 1. The molecule has 2 aromatic rings. The van der Waals surface area contributed by atoms with Gasteiger partial charge in [0.25, 0.3) is 10.0 Å². The summed E-state index contributed by atoms with van der Waals surface area (Å²) in [4.78, 5) is 13.9. The van der Waals surface area contributed by atoms with Crippen molar-refractivity contribution in [1.82, 2.24) is 4.98 Å². The van der Waals surface area contributed by atoms with Crippen LogP contribution in [0.3, 0.4) is 0 Å². The Morgan fingerprint density at radius 3 is 2.57 bits per heavy atom. The molecule has 1 aromatic heterocycles. The van der Waals surface area contributed by atoms with Gasteiger partial charge in [-0.2, -0.15) is 0 Å². The number of carboxylic acids is 1. The number of carbonyl (C=O) groups is 1. The van der Waals surface area contributed by atoms with Gasteiger partial charge in [-0.3, -0.25) is 4.72 Å². The molecule has 8 heteroatoms. The molecule has 0 unspecified atom stereocenters. The SMILES string of the molecule is Cc1cc(S(=O)(=O)Nc2c[nH]c(C)c2C(=O)O)ccc1Br. The first-order chi connectivity index (χ1) is 9.72. The van der Waals surface area contributed by atoms with Crippen LogP contribution in [-0.2, 0) is 10.0 Å². The highest BCUT2D eigenvalue weighted by Gasteiger charge is 2.21. The molecular formula is C13H13BrN2O4S. The summed E-state index contributed by atoms with van der Waals surface area (Å²) in [5, 5.41) is 9.12. The van der Waals surface area contributed by atoms with E-state index in [1.54, 1.807) is 19.9 Å². The standard InChI is InChI=1S/C13H13BrN2O4S/c1-7-5-9(3-4-10(7)14)21(19,20)16-11-6-15-8(2)12(11)13(17)18/h3-6,15-16H,1-2H3,(H,17,18). The number of aromatic amines is 1. The fraction of sp³-hybridized carbons (Fsp3) is 0.154. The van der Waals surface area contributed by atoms with Crippen molar-refractivity contribution < 1.29 is 18.3 Å². The molecule has 0 aliphatic heterocycles. The number of H-pyrrole nitrogens is 1. The number of aromatic nitrogens is 1. The van der Waals surface area contributed by atoms with Gasteiger partial charge in [-0.1, -0.05) is 15.9 Å². The lowest BCUT2D eigenvalue weighted by molar-refractivity contribution is 0.0697. The minimum Gasteiger partial charge on any atom is -0.478 e. The topological polar surface area (TPSA) is 99.3 Å². The third kappa shape index (κ3) is 3.11. The molecule has 0 aliphatic rings. The highest BCUT2D eigenvalue weighted by atomic mass is 79.9. The molecule has 0 bridgehead atoms. The van der Waals surface area contributed by atoms with Crippen LogP contribution in [0.25, 0.3) is 0 Å². The molecule has 0 atom stereocenters. The van der Waals surface area contributed by atoms with Gasteiger partial charge in [0, 0.05) is 16.4 Å². The van der Waals surface area contributed by atoms with Crippen molar-refractivity contribution >= 4 is 37.6 Å². The van der Waals surface area contributed by atoms with Crippen LogP contribution in [0.1, 0.15) is 21.6 Å². The predicted octanol–water partition coefficient (Wildman–Crippen LogP) is 2.89. The number of aromatic carboxylic acids is 1. The normalized spacial score (nSPS) is 11.4. The quantitative estimate of drug-likeness (QED) is 0.767. The number of nitrogens with one attached hydrogen (secondary N) is 2. The van der Waals surface area contributed by atoms with Gasteiger partial charge < -0.3 is 10.1 Å². The molecular weight excluding hydrogens is 360 g/mol. The molecule has 6 nitrogen and oxygen atoms in total. The molecule has 0 aliphatic carbocycles. The number of sulfonamides is 1. The van der Waals surface area contributed by atoms with E-state index in [0.717, 1.165) is 10.0 Å². The lowest BCUT2D eigenvalue weighted by atomic mass is 10.2. The van der Waals surface area contributed by atoms with Crippen molar-refractivity contribution in [1.29, 1.82) is 0 Å². The van der Waals surface area contributed by atoms with Gasteiger partial charge in [0.2, 0.25) is 0 Å². The zero-order chi connectivity index (χ0) is 15.8. The summed E-state index contributed by atoms with van der Waals surface area (Å²) in [6, 6.07) is 4.58. The molecule has 3 N–H and O–H groups in total. The van der Waals surface area contributed by atoms with Crippen LogP contribution in [0.2, 0.25) is 0 Å². The van der Waals surface area contributed by atoms with Crippen molar-refractivity contribution in [2.75, 3.05) is 4.72 Å². The zero-order valence-corrected chi connectivity index (χ0v) is 13.7. The van der Waals surface area contributed by atoms with E-state index in [9.17, 15) is 13.2 Å². The number of benzene rings is 1. The fourth-order valence-electron chi connectivity index (χ4n) is 1.87. The molecule has 1 aromatic carbocycles. The Bertz CT molecular complexity index is 812. The van der Waals surface area contributed by atoms with E-state index < -0.39 is 16.0 Å². The molecule has 0 fully saturated rings. The summed E-state index contributed by atoms with van der Waals surface area (Å²) in [5.74, 6) is -1.20. The second-order valence-corrected chi connectivity index (χ2v) is 7.06. The molecule has 112 valence electrons. The van der Waals surface area contributed by atoms with Crippen LogP contribution < -0.4 is 4.72 Å². The summed E-state index contributed by atoms with van der Waals surface area (Å²) >= 11 is 3.30. The Balaban J connectivity index is 2.42. The molecule has 1 heterocycles. The Labute approximate surface area is 130 Å². The highest BCUT2D eigenvalue weighted by molar-refractivity contribution is 9.10. The van der Waals surface area contributed by atoms with E-state index in [-0.39, 0.29) is 16.1 Å². The highest BCUT2D eigenvalue weighted by Crippen LogP contribution is 2.25. The van der Waals surface area contributed by atoms with Crippen LogP contribution in [0.15, 0.2) is 33.8 Å². The van der Waals surface area contributed by atoms with Gasteiger partial charge in [0.05, 0.1) is 10.6 Å². The predicted molar refractivity (Wildman–Crippen MR) is 82.2 cm³/mol. The van der Waals surface area contributed by atoms with Crippen molar-refractivity contribution in [2.24, 2.45) is 0 Å². The van der Waals surface area contributed by atoms with Gasteiger partial charge in [-0.25, -0.2) is 13.2 Å². The minimum atomic E-state index is -3.85. The molecule has 0 spiro atoms. The van der Waals surface area contributed by atoms with E-state index in [2.05, 4.69) is 25.6 Å². The number of hydrogen-bond donors (Lipinski definition) is 3. The van der Waals surface area contributed by atoms with Crippen molar-refractivity contribution in [3.8, 4) is 0 Å². The lowest BCUT2D eigenvalue weighted by Crippen LogP contribution is -2.15. The molecule has 0 saturated carbocycles. The molecule has 2 rings (SSSR count). The maximum Gasteiger partial charge on any atom is 0.339 e. The fourth-order valence-corrected chi connectivity index (χ4v) is 3.26. The largest absolute Gasteiger partial charge is 0.478 e. The smallest absolute Gasteiger partial charge is 0.339 e. The van der Waals surface area contributed by atoms with E-state index >= 15 is 0 Å². The maximum atomic E-state index is 12.3. The number of anilines is 1. The number of hydrogen-bond acceptors (Lipinski definition) is 3. The van der Waals surface area contributed by atoms with Crippen LogP contribution in [0.5, 0.6) is 0 Å². The average Bonchev–Trinajstić information content (AvgIpc) is 2.73. The summed E-state index contributed by atoms with van der Waals surface area (Å²) in [5.41, 5.74) is 1.07. The van der Waals surface area contributed by atoms with E-state index in [0.29, 0.717) is 5.69 Å². The number of rotatable bonds is 4. The number of carboxylic acid groups (broad SMARTS) is 1. The molecule has 21 heavy (non-hydrogen) atoms. The van der Waals surface area contributed by atoms with E-state index in [4.69, 9.17) is 5.11 Å². The van der Waals surface area contributed by atoms with Crippen molar-refractivity contribution in [3.05, 3.63) is 45.7 Å². The lowest BCUT2D eigenvalue weighted by Gasteiger charge is -2.09. The summed E-state index contributed by atoms with van der Waals surface area (Å²) in [6.45, 7) is 3.33. The third-order valence-corrected chi connectivity index (χ3v) is 5.23. The number of aryl methyl sites for hydroxylation is 2. The second kappa shape index (κ2) is 5.53. The average molecular weight is 373 g/mol. The Hall–Kier alpha value is -1.80. The monoisotopic (exact) mass is 372 g/mol. The van der Waals surface area contributed by atoms with Gasteiger partial charge in [0.1, 0.15) is 5.56 Å². The Morgan fingerprint density at radius 1 is 1.33 bits per heavy atom. The van der Waals surface area contributed by atoms with Gasteiger partial charge in [0.15, 0.2) is 0 Å². The van der Waals surface area contributed by atoms with Gasteiger partial charge in [-0.15, -0.1) is 0 Å². The first kappa shape index (κ1) is 15.6. The Morgan fingerprint density at radius 2 is 2.00 bits per heavy atom. The van der Waals surface area contributed by atoms with Crippen LogP contribution in [-0.4, -0.2) is 24.5 Å². The summed E-state index contributed by atoms with van der Waals surface area (Å²) < 4.78 is 27.7. The molecule has 0 radical (unpaired) electrons. The van der Waals surface area contributed by atoms with Gasteiger partial charge in [-0.05, 0) is 37.6 Å². The summed E-state index contributed by atoms with van der Waals surface area (Å²) in [7, 11) is -3.85. The van der Waals surface area contributed by atoms with E-state index in [1.807, 2.05) is 0 Å². The zero-order valence-electron chi connectivity index (χ0n) is 11.3. The maximum absolute atomic E-state index is 12.3. The first-order valence-electron chi connectivity index (χ1n) is 5.92. The van der Waals surface area contributed by atoms with Crippen LogP contribution in [0.4, 0.5) is 5.69 Å². The van der Waals surface area contributed by atoms with Crippen molar-refractivity contribution in [2.45, 2.75) is 18.7 Å².